The Bertz CT molecular complexity index is 707. The van der Waals surface area contributed by atoms with Crippen LogP contribution in [0.2, 0.25) is 4.34 Å². The molecule has 0 fully saturated rings. The van der Waals surface area contributed by atoms with Gasteiger partial charge in [-0.05, 0) is 24.7 Å². The molecule has 0 spiro atoms. The zero-order valence-electron chi connectivity index (χ0n) is 11.9. The number of halogens is 1. The summed E-state index contributed by atoms with van der Waals surface area (Å²) in [7, 11) is -1.67. The molecule has 0 aliphatic heterocycles. The van der Waals surface area contributed by atoms with Gasteiger partial charge in [0.1, 0.15) is 0 Å². The molecule has 2 heterocycles. The van der Waals surface area contributed by atoms with Crippen LogP contribution in [0.1, 0.15) is 17.5 Å². The minimum Gasteiger partial charge on any atom is -0.352 e. The van der Waals surface area contributed by atoms with Crippen molar-refractivity contribution in [2.45, 2.75) is 24.9 Å². The summed E-state index contributed by atoms with van der Waals surface area (Å²) in [5.41, 5.74) is 0.927. The summed E-state index contributed by atoms with van der Waals surface area (Å²) in [5, 5.41) is 3.18. The highest BCUT2D eigenvalue weighted by Gasteiger charge is 2.17. The number of nitrogens with one attached hydrogen (secondary N) is 2. The highest BCUT2D eigenvalue weighted by molar-refractivity contribution is 7.89. The molecular weight excluding hydrogens is 330 g/mol. The molecular formula is C13H18ClN3O2S2. The van der Waals surface area contributed by atoms with Crippen LogP contribution in [-0.2, 0) is 30.2 Å². The molecule has 0 aliphatic carbocycles. The minimum atomic E-state index is -3.51. The number of sulfonamides is 1. The summed E-state index contributed by atoms with van der Waals surface area (Å²) >= 11 is 7.20. The summed E-state index contributed by atoms with van der Waals surface area (Å²) < 4.78 is 29.6. The lowest BCUT2D eigenvalue weighted by Crippen LogP contribution is -2.22. The van der Waals surface area contributed by atoms with Crippen LogP contribution in [0.15, 0.2) is 29.3 Å². The van der Waals surface area contributed by atoms with Crippen LogP contribution in [0.25, 0.3) is 0 Å². The van der Waals surface area contributed by atoms with E-state index >= 15 is 0 Å². The predicted octanol–water partition coefficient (Wildman–Crippen LogP) is 2.33. The maximum absolute atomic E-state index is 12.3. The molecule has 0 amide bonds. The van der Waals surface area contributed by atoms with E-state index in [0.29, 0.717) is 10.9 Å². The first-order valence-corrected chi connectivity index (χ1v) is 9.20. The Labute approximate surface area is 134 Å². The van der Waals surface area contributed by atoms with Crippen molar-refractivity contribution in [2.24, 2.45) is 7.05 Å². The SMILES string of the molecule is CCNCc1cc(S(=O)(=O)NCc2ccc(Cl)s2)cn1C. The van der Waals surface area contributed by atoms with Gasteiger partial charge in [0.25, 0.3) is 0 Å². The Kier molecular flexibility index (Phi) is 5.45. The molecule has 0 saturated heterocycles. The molecule has 2 aromatic heterocycles. The Balaban J connectivity index is 2.08. The molecule has 8 heteroatoms. The second kappa shape index (κ2) is 6.93. The van der Waals surface area contributed by atoms with E-state index in [1.807, 2.05) is 24.6 Å². The number of aryl methyl sites for hydroxylation is 1. The molecule has 0 radical (unpaired) electrons. The van der Waals surface area contributed by atoms with Gasteiger partial charge < -0.3 is 9.88 Å². The summed E-state index contributed by atoms with van der Waals surface area (Å²) in [4.78, 5) is 1.16. The van der Waals surface area contributed by atoms with Crippen molar-refractivity contribution in [3.8, 4) is 0 Å². The first kappa shape index (κ1) is 16.5. The molecule has 2 aromatic rings. The van der Waals surface area contributed by atoms with Crippen LogP contribution in [0.4, 0.5) is 0 Å². The van der Waals surface area contributed by atoms with Gasteiger partial charge in [-0.25, -0.2) is 13.1 Å². The normalized spacial score (nSPS) is 12.0. The number of rotatable bonds is 7. The summed E-state index contributed by atoms with van der Waals surface area (Å²) in [6.45, 7) is 3.74. The largest absolute Gasteiger partial charge is 0.352 e. The van der Waals surface area contributed by atoms with Crippen molar-refractivity contribution in [1.82, 2.24) is 14.6 Å². The molecule has 0 saturated carbocycles. The minimum absolute atomic E-state index is 0.247. The fourth-order valence-electron chi connectivity index (χ4n) is 1.85. The zero-order valence-corrected chi connectivity index (χ0v) is 14.3. The molecule has 116 valence electrons. The van der Waals surface area contributed by atoms with E-state index in [2.05, 4.69) is 10.0 Å². The van der Waals surface area contributed by atoms with E-state index in [1.54, 1.807) is 18.3 Å². The fourth-order valence-corrected chi connectivity index (χ4v) is 4.07. The second-order valence-electron chi connectivity index (χ2n) is 4.59. The first-order valence-electron chi connectivity index (χ1n) is 6.52. The number of aromatic nitrogens is 1. The maximum atomic E-state index is 12.3. The molecule has 2 N–H and O–H groups in total. The zero-order chi connectivity index (χ0) is 15.5. The van der Waals surface area contributed by atoms with Gasteiger partial charge >= 0.3 is 0 Å². The summed E-state index contributed by atoms with van der Waals surface area (Å²) in [6.07, 6.45) is 1.62. The smallest absolute Gasteiger partial charge is 0.242 e. The third-order valence-electron chi connectivity index (χ3n) is 3.01. The van der Waals surface area contributed by atoms with E-state index in [4.69, 9.17) is 11.6 Å². The standard InChI is InChI=1S/C13H18ClN3O2S2/c1-3-15-7-10-6-12(9-17(10)2)21(18,19)16-8-11-4-5-13(14)20-11/h4-6,9,15-16H,3,7-8H2,1-2H3. The summed E-state index contributed by atoms with van der Waals surface area (Å²) in [5.74, 6) is 0. The van der Waals surface area contributed by atoms with Gasteiger partial charge in [-0.1, -0.05) is 18.5 Å². The number of nitrogens with zero attached hydrogens (tertiary/aromatic N) is 1. The van der Waals surface area contributed by atoms with Crippen molar-refractivity contribution in [2.75, 3.05) is 6.54 Å². The van der Waals surface area contributed by atoms with Crippen molar-refractivity contribution in [1.29, 1.82) is 0 Å². The maximum Gasteiger partial charge on any atom is 0.242 e. The predicted molar refractivity (Wildman–Crippen MR) is 86.1 cm³/mol. The highest BCUT2D eigenvalue weighted by Crippen LogP contribution is 2.22. The number of hydrogen-bond donors (Lipinski definition) is 2. The van der Waals surface area contributed by atoms with Crippen molar-refractivity contribution >= 4 is 33.0 Å². The lowest BCUT2D eigenvalue weighted by atomic mass is 10.4. The molecule has 0 atom stereocenters. The van der Waals surface area contributed by atoms with Crippen LogP contribution in [0.5, 0.6) is 0 Å². The average molecular weight is 348 g/mol. The van der Waals surface area contributed by atoms with E-state index in [9.17, 15) is 8.42 Å². The van der Waals surface area contributed by atoms with Gasteiger partial charge in [0.05, 0.1) is 9.23 Å². The molecule has 0 aliphatic rings. The van der Waals surface area contributed by atoms with Crippen molar-refractivity contribution < 1.29 is 8.42 Å². The van der Waals surface area contributed by atoms with Gasteiger partial charge in [-0.3, -0.25) is 0 Å². The molecule has 0 bridgehead atoms. The van der Waals surface area contributed by atoms with Gasteiger partial charge in [-0.2, -0.15) is 0 Å². The molecule has 21 heavy (non-hydrogen) atoms. The molecule has 0 aromatic carbocycles. The number of hydrogen-bond acceptors (Lipinski definition) is 4. The first-order chi connectivity index (χ1) is 9.92. The van der Waals surface area contributed by atoms with Crippen LogP contribution >= 0.6 is 22.9 Å². The van der Waals surface area contributed by atoms with Crippen LogP contribution in [-0.4, -0.2) is 19.5 Å². The van der Waals surface area contributed by atoms with Gasteiger partial charge in [0.2, 0.25) is 10.0 Å². The van der Waals surface area contributed by atoms with Gasteiger partial charge in [0.15, 0.2) is 0 Å². The van der Waals surface area contributed by atoms with Gasteiger partial charge in [0, 0.05) is 36.9 Å². The Morgan fingerprint density at radius 2 is 2.10 bits per heavy atom. The van der Waals surface area contributed by atoms with Crippen molar-refractivity contribution in [3.05, 3.63) is 39.3 Å². The van der Waals surface area contributed by atoms with E-state index in [-0.39, 0.29) is 11.4 Å². The lowest BCUT2D eigenvalue weighted by molar-refractivity contribution is 0.581. The summed E-state index contributed by atoms with van der Waals surface area (Å²) in [6, 6.07) is 5.26. The Morgan fingerprint density at radius 3 is 2.71 bits per heavy atom. The van der Waals surface area contributed by atoms with E-state index < -0.39 is 10.0 Å². The van der Waals surface area contributed by atoms with Crippen LogP contribution < -0.4 is 10.0 Å². The lowest BCUT2D eigenvalue weighted by Gasteiger charge is -2.02. The average Bonchev–Trinajstić information content (AvgIpc) is 3.01. The van der Waals surface area contributed by atoms with Crippen LogP contribution in [0, 0.1) is 0 Å². The Morgan fingerprint density at radius 1 is 1.33 bits per heavy atom. The molecule has 2 rings (SSSR count). The molecule has 0 unspecified atom stereocenters. The highest BCUT2D eigenvalue weighted by atomic mass is 35.5. The van der Waals surface area contributed by atoms with Crippen molar-refractivity contribution in [3.63, 3.8) is 0 Å². The quantitative estimate of drug-likeness (QED) is 0.808. The third-order valence-corrected chi connectivity index (χ3v) is 5.61. The molecule has 5 nitrogen and oxygen atoms in total. The second-order valence-corrected chi connectivity index (χ2v) is 8.16. The van der Waals surface area contributed by atoms with E-state index in [0.717, 1.165) is 17.1 Å². The Hall–Kier alpha value is -0.860. The fraction of sp³-hybridized carbons (Fsp3) is 0.385. The van der Waals surface area contributed by atoms with Gasteiger partial charge in [-0.15, -0.1) is 11.3 Å². The topological polar surface area (TPSA) is 63.1 Å². The number of thiophene rings is 1. The monoisotopic (exact) mass is 347 g/mol. The van der Waals surface area contributed by atoms with E-state index in [1.165, 1.54) is 11.3 Å². The third kappa shape index (κ3) is 4.31. The van der Waals surface area contributed by atoms with Crippen LogP contribution in [0.3, 0.4) is 0 Å².